The highest BCUT2D eigenvalue weighted by molar-refractivity contribution is 9.10. The predicted octanol–water partition coefficient (Wildman–Crippen LogP) is 3.05. The van der Waals surface area contributed by atoms with Crippen LogP contribution in [0.5, 0.6) is 5.75 Å². The number of ketones is 1. The van der Waals surface area contributed by atoms with E-state index in [1.807, 2.05) is 19.1 Å². The molecular formula is C19H19BrN2O4. The average Bonchev–Trinajstić information content (AvgIpc) is 2.62. The molecule has 0 saturated carbocycles. The molecule has 0 atom stereocenters. The quantitative estimate of drug-likeness (QED) is 0.577. The van der Waals surface area contributed by atoms with Crippen LogP contribution in [0.3, 0.4) is 0 Å². The largest absolute Gasteiger partial charge is 0.497 e. The molecule has 2 aromatic carbocycles. The van der Waals surface area contributed by atoms with Gasteiger partial charge in [-0.3, -0.25) is 14.4 Å². The number of amides is 2. The summed E-state index contributed by atoms with van der Waals surface area (Å²) >= 11 is 3.36. The van der Waals surface area contributed by atoms with E-state index >= 15 is 0 Å². The van der Waals surface area contributed by atoms with Crippen LogP contribution < -0.4 is 10.1 Å². The van der Waals surface area contributed by atoms with Crippen LogP contribution in [-0.4, -0.2) is 43.2 Å². The summed E-state index contributed by atoms with van der Waals surface area (Å²) in [5, 5.41) is 2.74. The Kier molecular flexibility index (Phi) is 6.52. The first-order valence-corrected chi connectivity index (χ1v) is 8.61. The molecule has 0 aliphatic carbocycles. The van der Waals surface area contributed by atoms with Crippen molar-refractivity contribution in [2.24, 2.45) is 0 Å². The molecule has 0 heterocycles. The second-order valence-corrected chi connectivity index (χ2v) is 6.64. The SMILES string of the molecule is COc1ccc(C(=O)C(=O)N(C)CC(=O)Nc2ccc(Br)cc2C)cc1. The van der Waals surface area contributed by atoms with Gasteiger partial charge in [0.2, 0.25) is 11.7 Å². The van der Waals surface area contributed by atoms with Crippen LogP contribution in [0.1, 0.15) is 15.9 Å². The third-order valence-corrected chi connectivity index (χ3v) is 4.23. The highest BCUT2D eigenvalue weighted by Gasteiger charge is 2.22. The number of carbonyl (C=O) groups is 3. The lowest BCUT2D eigenvalue weighted by molar-refractivity contribution is -0.129. The Hall–Kier alpha value is -2.67. The smallest absolute Gasteiger partial charge is 0.295 e. The number of aryl methyl sites for hydroxylation is 1. The first kappa shape index (κ1) is 19.7. The Morgan fingerprint density at radius 3 is 2.35 bits per heavy atom. The summed E-state index contributed by atoms with van der Waals surface area (Å²) in [5.74, 6) is -1.22. The monoisotopic (exact) mass is 418 g/mol. The molecule has 136 valence electrons. The zero-order valence-electron chi connectivity index (χ0n) is 14.7. The predicted molar refractivity (Wildman–Crippen MR) is 102 cm³/mol. The molecule has 0 fully saturated rings. The topological polar surface area (TPSA) is 75.7 Å². The molecule has 0 aliphatic heterocycles. The van der Waals surface area contributed by atoms with Crippen LogP contribution in [0, 0.1) is 6.92 Å². The third kappa shape index (κ3) is 4.92. The first-order chi connectivity index (χ1) is 12.3. The number of hydrogen-bond donors (Lipinski definition) is 1. The third-order valence-electron chi connectivity index (χ3n) is 3.74. The highest BCUT2D eigenvalue weighted by Crippen LogP contribution is 2.20. The maximum atomic E-state index is 12.3. The molecule has 2 aromatic rings. The maximum Gasteiger partial charge on any atom is 0.295 e. The van der Waals surface area contributed by atoms with Gasteiger partial charge >= 0.3 is 0 Å². The molecule has 0 radical (unpaired) electrons. The fourth-order valence-corrected chi connectivity index (χ4v) is 2.76. The Morgan fingerprint density at radius 2 is 1.77 bits per heavy atom. The number of Topliss-reactive ketones (excluding diaryl/α,β-unsaturated/α-hetero) is 1. The van der Waals surface area contributed by atoms with Crippen molar-refractivity contribution in [3.05, 3.63) is 58.1 Å². The van der Waals surface area contributed by atoms with E-state index in [0.717, 1.165) is 14.9 Å². The van der Waals surface area contributed by atoms with Gasteiger partial charge in [0.25, 0.3) is 5.91 Å². The van der Waals surface area contributed by atoms with E-state index in [1.165, 1.54) is 26.3 Å². The minimum atomic E-state index is -0.752. The number of likely N-dealkylation sites (N-methyl/N-ethyl adjacent to an activating group) is 1. The molecule has 7 heteroatoms. The number of halogens is 1. The lowest BCUT2D eigenvalue weighted by Gasteiger charge is -2.16. The number of carbonyl (C=O) groups excluding carboxylic acids is 3. The molecule has 2 amide bonds. The van der Waals surface area contributed by atoms with Gasteiger partial charge in [0.1, 0.15) is 5.75 Å². The van der Waals surface area contributed by atoms with Gasteiger partial charge in [-0.25, -0.2) is 0 Å². The van der Waals surface area contributed by atoms with Gasteiger partial charge in [-0.05, 0) is 55.0 Å². The van der Waals surface area contributed by atoms with E-state index in [2.05, 4.69) is 21.2 Å². The normalized spacial score (nSPS) is 10.2. The number of benzene rings is 2. The fourth-order valence-electron chi connectivity index (χ4n) is 2.28. The van der Waals surface area contributed by atoms with E-state index in [9.17, 15) is 14.4 Å². The summed E-state index contributed by atoms with van der Waals surface area (Å²) in [6.45, 7) is 1.64. The Balaban J connectivity index is 1.98. The summed E-state index contributed by atoms with van der Waals surface area (Å²) in [7, 11) is 2.93. The zero-order chi connectivity index (χ0) is 19.3. The van der Waals surface area contributed by atoms with E-state index in [0.29, 0.717) is 11.4 Å². The average molecular weight is 419 g/mol. The van der Waals surface area contributed by atoms with Crippen molar-refractivity contribution < 1.29 is 19.1 Å². The number of anilines is 1. The Morgan fingerprint density at radius 1 is 1.12 bits per heavy atom. The number of hydrogen-bond acceptors (Lipinski definition) is 4. The van der Waals surface area contributed by atoms with Gasteiger partial charge in [0.05, 0.1) is 13.7 Å². The first-order valence-electron chi connectivity index (χ1n) is 7.81. The molecule has 26 heavy (non-hydrogen) atoms. The summed E-state index contributed by atoms with van der Waals surface area (Å²) in [6.07, 6.45) is 0. The van der Waals surface area contributed by atoms with Gasteiger partial charge in [-0.15, -0.1) is 0 Å². The van der Waals surface area contributed by atoms with E-state index in [-0.39, 0.29) is 18.0 Å². The summed E-state index contributed by atoms with van der Waals surface area (Å²) in [6, 6.07) is 11.7. The van der Waals surface area contributed by atoms with Crippen molar-refractivity contribution >= 4 is 39.2 Å². The highest BCUT2D eigenvalue weighted by atomic mass is 79.9. The van der Waals surface area contributed by atoms with Gasteiger partial charge in [-0.2, -0.15) is 0 Å². The van der Waals surface area contributed by atoms with Crippen molar-refractivity contribution in [2.45, 2.75) is 6.92 Å². The molecule has 0 unspecified atom stereocenters. The minimum Gasteiger partial charge on any atom is -0.497 e. The van der Waals surface area contributed by atoms with E-state index in [4.69, 9.17) is 4.74 Å². The second-order valence-electron chi connectivity index (χ2n) is 5.73. The molecule has 1 N–H and O–H groups in total. The van der Waals surface area contributed by atoms with Crippen molar-refractivity contribution in [3.63, 3.8) is 0 Å². The molecule has 0 bridgehead atoms. The van der Waals surface area contributed by atoms with E-state index in [1.54, 1.807) is 18.2 Å². The van der Waals surface area contributed by atoms with Crippen LogP contribution in [0.25, 0.3) is 0 Å². The standard InChI is InChI=1S/C19H19BrN2O4/c1-12-10-14(20)6-9-16(12)21-17(23)11-22(2)19(25)18(24)13-4-7-15(26-3)8-5-13/h4-10H,11H2,1-3H3,(H,21,23). The Bertz CT molecular complexity index is 834. The number of rotatable bonds is 6. The van der Waals surface area contributed by atoms with Crippen LogP contribution >= 0.6 is 15.9 Å². The van der Waals surface area contributed by atoms with Gasteiger partial charge < -0.3 is 15.0 Å². The Labute approximate surface area is 160 Å². The van der Waals surface area contributed by atoms with Crippen molar-refractivity contribution in [2.75, 3.05) is 26.0 Å². The minimum absolute atomic E-state index is 0.226. The van der Waals surface area contributed by atoms with Crippen LogP contribution in [0.2, 0.25) is 0 Å². The molecule has 2 rings (SSSR count). The molecule has 0 saturated heterocycles. The number of nitrogens with zero attached hydrogens (tertiary/aromatic N) is 1. The fraction of sp³-hybridized carbons (Fsp3) is 0.211. The number of ether oxygens (including phenoxy) is 1. The number of nitrogens with one attached hydrogen (secondary N) is 1. The van der Waals surface area contributed by atoms with Crippen molar-refractivity contribution in [1.82, 2.24) is 4.90 Å². The van der Waals surface area contributed by atoms with Crippen LogP contribution in [0.4, 0.5) is 5.69 Å². The van der Waals surface area contributed by atoms with Crippen LogP contribution in [0.15, 0.2) is 46.9 Å². The number of methoxy groups -OCH3 is 1. The second kappa shape index (κ2) is 8.62. The van der Waals surface area contributed by atoms with Crippen molar-refractivity contribution in [3.8, 4) is 5.75 Å². The molecule has 0 aliphatic rings. The van der Waals surface area contributed by atoms with Crippen LogP contribution in [-0.2, 0) is 9.59 Å². The summed E-state index contributed by atoms with van der Waals surface area (Å²) in [4.78, 5) is 37.8. The molecule has 0 aromatic heterocycles. The van der Waals surface area contributed by atoms with Gasteiger partial charge in [-0.1, -0.05) is 15.9 Å². The maximum absolute atomic E-state index is 12.3. The lowest BCUT2D eigenvalue weighted by atomic mass is 10.1. The van der Waals surface area contributed by atoms with Gasteiger partial charge in [0.15, 0.2) is 0 Å². The molecular weight excluding hydrogens is 400 g/mol. The van der Waals surface area contributed by atoms with Gasteiger partial charge in [0, 0.05) is 22.8 Å². The summed E-state index contributed by atoms with van der Waals surface area (Å²) in [5.41, 5.74) is 1.78. The zero-order valence-corrected chi connectivity index (χ0v) is 16.3. The lowest BCUT2D eigenvalue weighted by Crippen LogP contribution is -2.39. The van der Waals surface area contributed by atoms with Crippen molar-refractivity contribution in [1.29, 1.82) is 0 Å². The molecule has 6 nitrogen and oxygen atoms in total. The van der Waals surface area contributed by atoms with E-state index < -0.39 is 11.7 Å². The molecule has 0 spiro atoms. The summed E-state index contributed by atoms with van der Waals surface area (Å²) < 4.78 is 5.93.